The Labute approximate surface area is 294 Å². The number of rotatable bonds is 5. The first-order valence-electron chi connectivity index (χ1n) is 19.9. The zero-order valence-electron chi connectivity index (χ0n) is 33.8. The van der Waals surface area contributed by atoms with Gasteiger partial charge in [-0.1, -0.05) is 12.8 Å². The van der Waals surface area contributed by atoms with Gasteiger partial charge in [0.1, 0.15) is 0 Å². The molecule has 47 heavy (non-hydrogen) atoms. The third kappa shape index (κ3) is 19.9. The molecule has 280 valence electrons. The lowest BCUT2D eigenvalue weighted by molar-refractivity contribution is -0.135. The Morgan fingerprint density at radius 1 is 0.362 bits per heavy atom. The van der Waals surface area contributed by atoms with Crippen LogP contribution in [0.15, 0.2) is 0 Å². The number of hydrogen-bond acceptors (Lipinski definition) is 7. The number of amides is 1. The molecule has 1 amide bonds. The van der Waals surface area contributed by atoms with Gasteiger partial charge >= 0.3 is 0 Å². The molecular formula is C39H83N7O. The molecule has 0 aromatic carbocycles. The van der Waals surface area contributed by atoms with Crippen molar-refractivity contribution >= 4 is 5.91 Å². The van der Waals surface area contributed by atoms with Crippen molar-refractivity contribution in [3.8, 4) is 0 Å². The fourth-order valence-electron chi connectivity index (χ4n) is 6.68. The Bertz CT molecular complexity index is 726. The standard InChI is InChI=1S/C8H16N2O.C8H18N2.2C8H17N.C7H15N/c1-7(2)10-5-4-9(3)8(11)6-10;1-8(2)10-6-4-9(3)5-7-10;2*1-8(2)9-6-4-3-5-7-9;1-7(2)8-5-3-4-6-8/h7H,4-6H2,1-3H3;8H,4-7H2,1-3H3;2*8H,3-7H2,1-2H3;7H,3-6H2,1-2H3. The Kier molecular flexibility index (Phi) is 23.7. The van der Waals surface area contributed by atoms with Crippen LogP contribution in [0.1, 0.15) is 121 Å². The van der Waals surface area contributed by atoms with E-state index in [-0.39, 0.29) is 5.91 Å². The van der Waals surface area contributed by atoms with Crippen LogP contribution >= 0.6 is 0 Å². The van der Waals surface area contributed by atoms with Crippen LogP contribution in [0.3, 0.4) is 0 Å². The van der Waals surface area contributed by atoms with Crippen LogP contribution in [0.5, 0.6) is 0 Å². The summed E-state index contributed by atoms with van der Waals surface area (Å²) >= 11 is 0. The highest BCUT2D eigenvalue weighted by Gasteiger charge is 2.22. The molecule has 0 spiro atoms. The molecule has 8 nitrogen and oxygen atoms in total. The van der Waals surface area contributed by atoms with E-state index < -0.39 is 0 Å². The monoisotopic (exact) mass is 666 g/mol. The van der Waals surface area contributed by atoms with Crippen LogP contribution in [0.4, 0.5) is 0 Å². The molecule has 5 aliphatic heterocycles. The van der Waals surface area contributed by atoms with Gasteiger partial charge in [-0.3, -0.25) is 14.6 Å². The zero-order valence-corrected chi connectivity index (χ0v) is 33.8. The molecular weight excluding hydrogens is 582 g/mol. The van der Waals surface area contributed by atoms with Gasteiger partial charge in [0.2, 0.25) is 5.91 Å². The Balaban J connectivity index is 0.000000295. The summed E-state index contributed by atoms with van der Waals surface area (Å²) in [5.74, 6) is 0.241. The van der Waals surface area contributed by atoms with Crippen LogP contribution in [0.25, 0.3) is 0 Å². The highest BCUT2D eigenvalue weighted by molar-refractivity contribution is 5.78. The van der Waals surface area contributed by atoms with Gasteiger partial charge in [-0.05, 0) is 154 Å². The third-order valence-corrected chi connectivity index (χ3v) is 10.6. The number of piperidine rings is 2. The minimum Gasteiger partial charge on any atom is -0.343 e. The average molecular weight is 666 g/mol. The highest BCUT2D eigenvalue weighted by atomic mass is 16.2. The molecule has 0 aliphatic carbocycles. The van der Waals surface area contributed by atoms with E-state index in [1.165, 1.54) is 117 Å². The maximum atomic E-state index is 11.2. The second kappa shape index (κ2) is 25.2. The van der Waals surface area contributed by atoms with E-state index in [1.807, 2.05) is 7.05 Å². The lowest BCUT2D eigenvalue weighted by atomic mass is 10.1. The summed E-state index contributed by atoms with van der Waals surface area (Å²) < 4.78 is 0. The first-order chi connectivity index (χ1) is 22.2. The molecule has 5 saturated heterocycles. The van der Waals surface area contributed by atoms with Crippen molar-refractivity contribution in [2.24, 2.45) is 0 Å². The predicted octanol–water partition coefficient (Wildman–Crippen LogP) is 6.06. The van der Waals surface area contributed by atoms with Crippen molar-refractivity contribution in [3.63, 3.8) is 0 Å². The third-order valence-electron chi connectivity index (χ3n) is 10.6. The number of piperazine rings is 2. The second-order valence-corrected chi connectivity index (χ2v) is 16.0. The molecule has 5 fully saturated rings. The van der Waals surface area contributed by atoms with Gasteiger partial charge in [0.05, 0.1) is 6.54 Å². The van der Waals surface area contributed by atoms with Crippen molar-refractivity contribution in [1.82, 2.24) is 34.3 Å². The van der Waals surface area contributed by atoms with Gasteiger partial charge in [0.25, 0.3) is 0 Å². The minimum atomic E-state index is 0.241. The summed E-state index contributed by atoms with van der Waals surface area (Å²) in [6.45, 7) is 37.9. The summed E-state index contributed by atoms with van der Waals surface area (Å²) in [4.78, 5) is 27.7. The summed E-state index contributed by atoms with van der Waals surface area (Å²) in [5, 5.41) is 0. The molecule has 8 heteroatoms. The van der Waals surface area contributed by atoms with E-state index in [1.54, 1.807) is 4.90 Å². The van der Waals surface area contributed by atoms with Crippen LogP contribution in [-0.2, 0) is 4.79 Å². The van der Waals surface area contributed by atoms with Crippen LogP contribution < -0.4 is 0 Å². The molecule has 0 aromatic heterocycles. The van der Waals surface area contributed by atoms with Gasteiger partial charge in [-0.15, -0.1) is 0 Å². The van der Waals surface area contributed by atoms with Crippen molar-refractivity contribution in [2.45, 2.75) is 151 Å². The fourth-order valence-corrected chi connectivity index (χ4v) is 6.68. The lowest BCUT2D eigenvalue weighted by Gasteiger charge is -2.34. The number of hydrogen-bond donors (Lipinski definition) is 0. The summed E-state index contributed by atoms with van der Waals surface area (Å²) in [7, 11) is 4.05. The van der Waals surface area contributed by atoms with Gasteiger partial charge in [0.15, 0.2) is 0 Å². The number of likely N-dealkylation sites (N-methyl/N-ethyl adjacent to an activating group) is 2. The van der Waals surface area contributed by atoms with Gasteiger partial charge in [-0.2, -0.15) is 0 Å². The van der Waals surface area contributed by atoms with E-state index in [9.17, 15) is 4.79 Å². The molecule has 0 aromatic rings. The molecule has 5 heterocycles. The van der Waals surface area contributed by atoms with Gasteiger partial charge < -0.3 is 24.5 Å². The van der Waals surface area contributed by atoms with E-state index >= 15 is 0 Å². The highest BCUT2D eigenvalue weighted by Crippen LogP contribution is 2.12. The number of nitrogens with zero attached hydrogens (tertiary/aromatic N) is 7. The molecule has 0 N–H and O–H groups in total. The smallest absolute Gasteiger partial charge is 0.236 e. The maximum Gasteiger partial charge on any atom is 0.236 e. The quantitative estimate of drug-likeness (QED) is 0.354. The summed E-state index contributed by atoms with van der Waals surface area (Å²) in [5.41, 5.74) is 0. The van der Waals surface area contributed by atoms with E-state index in [4.69, 9.17) is 0 Å². The Morgan fingerprint density at radius 3 is 0.915 bits per heavy atom. The van der Waals surface area contributed by atoms with Crippen molar-refractivity contribution in [1.29, 1.82) is 0 Å². The largest absolute Gasteiger partial charge is 0.343 e. The Hall–Kier alpha value is -0.770. The summed E-state index contributed by atoms with van der Waals surface area (Å²) in [6.07, 6.45) is 11.4. The second-order valence-electron chi connectivity index (χ2n) is 16.0. The van der Waals surface area contributed by atoms with Crippen LogP contribution in [-0.4, -0.2) is 170 Å². The molecule has 0 bridgehead atoms. The van der Waals surface area contributed by atoms with E-state index in [0.717, 1.165) is 37.3 Å². The van der Waals surface area contributed by atoms with Crippen molar-refractivity contribution < 1.29 is 4.79 Å². The Morgan fingerprint density at radius 2 is 0.638 bits per heavy atom. The van der Waals surface area contributed by atoms with Crippen molar-refractivity contribution in [2.75, 3.05) is 99.2 Å². The number of carbonyl (C=O) groups is 1. The topological polar surface area (TPSA) is 39.8 Å². The SMILES string of the molecule is CC(C)N1CCCC1.CC(C)N1CCCCC1.CC(C)N1CCCCC1.CC(C)N1CCN(C)C(=O)C1.CC(C)N1CCN(C)CC1. The average Bonchev–Trinajstić information content (AvgIpc) is 3.61. The van der Waals surface area contributed by atoms with Gasteiger partial charge in [-0.25, -0.2) is 0 Å². The molecule has 0 atom stereocenters. The fraction of sp³-hybridized carbons (Fsp3) is 0.974. The number of carbonyl (C=O) groups excluding carboxylic acids is 1. The summed E-state index contributed by atoms with van der Waals surface area (Å²) in [6, 6.07) is 3.54. The first-order valence-corrected chi connectivity index (χ1v) is 19.9. The zero-order chi connectivity index (χ0) is 35.4. The van der Waals surface area contributed by atoms with Crippen LogP contribution in [0, 0.1) is 0 Å². The predicted molar refractivity (Wildman–Crippen MR) is 206 cm³/mol. The van der Waals surface area contributed by atoms with Crippen LogP contribution in [0.2, 0.25) is 0 Å². The van der Waals surface area contributed by atoms with Crippen molar-refractivity contribution in [3.05, 3.63) is 0 Å². The molecule has 5 aliphatic rings. The van der Waals surface area contributed by atoms with E-state index in [0.29, 0.717) is 12.6 Å². The maximum absolute atomic E-state index is 11.2. The number of likely N-dealkylation sites (tertiary alicyclic amines) is 3. The molecule has 0 radical (unpaired) electrons. The van der Waals surface area contributed by atoms with E-state index in [2.05, 4.69) is 106 Å². The minimum absolute atomic E-state index is 0.241. The van der Waals surface area contributed by atoms with Gasteiger partial charge in [0, 0.05) is 76.5 Å². The molecule has 0 saturated carbocycles. The molecule has 5 rings (SSSR count). The normalized spacial score (nSPS) is 22.8. The lowest BCUT2D eigenvalue weighted by Crippen LogP contribution is -2.50. The molecule has 0 unspecified atom stereocenters. The first kappa shape index (κ1) is 44.3.